The van der Waals surface area contributed by atoms with Crippen LogP contribution in [-0.2, 0) is 0 Å². The third-order valence-corrected chi connectivity index (χ3v) is 6.18. The lowest BCUT2D eigenvalue weighted by atomic mass is 10.2. The van der Waals surface area contributed by atoms with Crippen molar-refractivity contribution in [3.63, 3.8) is 0 Å². The van der Waals surface area contributed by atoms with E-state index in [4.69, 9.17) is 0 Å². The third kappa shape index (κ3) is 3.63. The van der Waals surface area contributed by atoms with Gasteiger partial charge >= 0.3 is 0 Å². The number of carbonyl (C=O) groups is 1. The van der Waals surface area contributed by atoms with Crippen LogP contribution < -0.4 is 4.90 Å². The highest BCUT2D eigenvalue weighted by Gasteiger charge is 2.36. The average molecular weight is 441 g/mol. The Kier molecular flexibility index (Phi) is 4.82. The lowest BCUT2D eigenvalue weighted by Gasteiger charge is -2.34. The van der Waals surface area contributed by atoms with E-state index in [0.29, 0.717) is 43.7 Å². The molecule has 166 valence electrons. The smallest absolute Gasteiger partial charge is 0.276 e. The minimum Gasteiger partial charge on any atom is -0.336 e. The first-order chi connectivity index (χ1) is 16.3. The van der Waals surface area contributed by atoms with E-state index in [1.54, 1.807) is 4.68 Å². The molecule has 6 rings (SSSR count). The first-order valence-corrected chi connectivity index (χ1v) is 11.2. The third-order valence-electron chi connectivity index (χ3n) is 6.18. The summed E-state index contributed by atoms with van der Waals surface area (Å²) in [7, 11) is 0. The molecule has 2 fully saturated rings. The summed E-state index contributed by atoms with van der Waals surface area (Å²) >= 11 is 0. The predicted molar refractivity (Wildman–Crippen MR) is 121 cm³/mol. The summed E-state index contributed by atoms with van der Waals surface area (Å²) in [5, 5.41) is 20.9. The highest BCUT2D eigenvalue weighted by molar-refractivity contribution is 5.94. The number of para-hydroxylation sites is 2. The van der Waals surface area contributed by atoms with Gasteiger partial charge in [-0.1, -0.05) is 46.7 Å². The second-order valence-corrected chi connectivity index (χ2v) is 8.35. The molecule has 10 heteroatoms. The molecule has 0 unspecified atom stereocenters. The van der Waals surface area contributed by atoms with Crippen molar-refractivity contribution in [1.82, 2.24) is 40.1 Å². The minimum atomic E-state index is -0.0543. The molecule has 1 aliphatic carbocycles. The van der Waals surface area contributed by atoms with Gasteiger partial charge in [0.25, 0.3) is 5.91 Å². The molecule has 0 bridgehead atoms. The molecule has 1 aliphatic heterocycles. The summed E-state index contributed by atoms with van der Waals surface area (Å²) in [6.07, 6.45) is 2.13. The van der Waals surface area contributed by atoms with Gasteiger partial charge in [0.05, 0.1) is 17.1 Å². The number of hydrogen-bond acceptors (Lipinski definition) is 7. The van der Waals surface area contributed by atoms with Crippen LogP contribution in [0.2, 0.25) is 0 Å². The molecule has 10 nitrogen and oxygen atoms in total. The van der Waals surface area contributed by atoms with Crippen LogP contribution in [0, 0.1) is 0 Å². The largest absolute Gasteiger partial charge is 0.336 e. The average Bonchev–Trinajstić information content (AvgIpc) is 3.42. The van der Waals surface area contributed by atoms with Crippen molar-refractivity contribution in [2.24, 2.45) is 0 Å². The van der Waals surface area contributed by atoms with Crippen molar-refractivity contribution >= 4 is 11.9 Å². The van der Waals surface area contributed by atoms with Crippen LogP contribution in [-0.4, -0.2) is 72.2 Å². The van der Waals surface area contributed by atoms with Crippen LogP contribution in [0.15, 0.2) is 60.7 Å². The van der Waals surface area contributed by atoms with Crippen LogP contribution in [0.4, 0.5) is 5.95 Å². The van der Waals surface area contributed by atoms with Gasteiger partial charge in [-0.25, -0.2) is 4.68 Å². The van der Waals surface area contributed by atoms with Gasteiger partial charge in [-0.05, 0) is 47.5 Å². The van der Waals surface area contributed by atoms with Gasteiger partial charge in [-0.15, -0.1) is 5.10 Å². The highest BCUT2D eigenvalue weighted by atomic mass is 16.2. The van der Waals surface area contributed by atoms with Gasteiger partial charge in [0.15, 0.2) is 5.69 Å². The Morgan fingerprint density at radius 3 is 2.03 bits per heavy atom. The Morgan fingerprint density at radius 1 is 0.758 bits per heavy atom. The van der Waals surface area contributed by atoms with Crippen LogP contribution in [0.3, 0.4) is 0 Å². The SMILES string of the molecule is O=C(c1nnn(-c2ccccc2)c1C1CC1)N1CCN(c2nnnn2-c2ccccc2)CC1. The highest BCUT2D eigenvalue weighted by Crippen LogP contribution is 2.42. The number of benzene rings is 2. The van der Waals surface area contributed by atoms with Crippen molar-refractivity contribution in [3.05, 3.63) is 72.1 Å². The second kappa shape index (κ2) is 8.12. The van der Waals surface area contributed by atoms with Gasteiger partial charge in [0, 0.05) is 32.1 Å². The molecule has 0 radical (unpaired) electrons. The second-order valence-electron chi connectivity index (χ2n) is 8.35. The molecule has 1 amide bonds. The van der Waals surface area contributed by atoms with Crippen molar-refractivity contribution in [2.75, 3.05) is 31.1 Å². The number of aromatic nitrogens is 7. The van der Waals surface area contributed by atoms with Crippen LogP contribution in [0.5, 0.6) is 0 Å². The van der Waals surface area contributed by atoms with E-state index in [2.05, 4.69) is 30.7 Å². The maximum atomic E-state index is 13.4. The number of rotatable bonds is 5. The zero-order valence-electron chi connectivity index (χ0n) is 18.0. The fourth-order valence-corrected chi connectivity index (χ4v) is 4.30. The van der Waals surface area contributed by atoms with E-state index in [9.17, 15) is 4.79 Å². The zero-order chi connectivity index (χ0) is 22.2. The van der Waals surface area contributed by atoms with Crippen LogP contribution >= 0.6 is 0 Å². The molecule has 33 heavy (non-hydrogen) atoms. The van der Waals surface area contributed by atoms with E-state index in [1.165, 1.54) is 0 Å². The molecule has 3 heterocycles. The number of amides is 1. The number of tetrazole rings is 1. The van der Waals surface area contributed by atoms with Crippen molar-refractivity contribution < 1.29 is 4.79 Å². The summed E-state index contributed by atoms with van der Waals surface area (Å²) in [5.74, 6) is 0.972. The Morgan fingerprint density at radius 2 is 1.39 bits per heavy atom. The van der Waals surface area contributed by atoms with Gasteiger partial charge in [-0.2, -0.15) is 4.68 Å². The van der Waals surface area contributed by atoms with Crippen molar-refractivity contribution in [3.8, 4) is 11.4 Å². The molecule has 2 aromatic carbocycles. The number of piperazine rings is 1. The summed E-state index contributed by atoms with van der Waals surface area (Å²) in [4.78, 5) is 17.4. The van der Waals surface area contributed by atoms with Gasteiger partial charge in [-0.3, -0.25) is 4.79 Å². The summed E-state index contributed by atoms with van der Waals surface area (Å²) in [6.45, 7) is 2.43. The van der Waals surface area contributed by atoms with Crippen LogP contribution in [0.25, 0.3) is 11.4 Å². The summed E-state index contributed by atoms with van der Waals surface area (Å²) < 4.78 is 3.56. The standard InChI is InChI=1S/C23H23N9O/c33-22(20-21(17-11-12-17)31(27-24-20)18-7-3-1-4-8-18)29-13-15-30(16-14-29)23-25-26-28-32(23)19-9-5-2-6-10-19/h1-10,17H,11-16H2. The van der Waals surface area contributed by atoms with E-state index in [-0.39, 0.29) is 5.91 Å². The number of nitrogens with zero attached hydrogens (tertiary/aromatic N) is 9. The van der Waals surface area contributed by atoms with Gasteiger partial charge in [0.1, 0.15) is 0 Å². The topological polar surface area (TPSA) is 97.9 Å². The molecule has 0 spiro atoms. The molecule has 4 aromatic rings. The molecule has 2 aliphatic rings. The quantitative estimate of drug-likeness (QED) is 0.468. The number of hydrogen-bond donors (Lipinski definition) is 0. The zero-order valence-corrected chi connectivity index (χ0v) is 18.0. The Bertz CT molecular complexity index is 1260. The maximum absolute atomic E-state index is 13.4. The predicted octanol–water partition coefficient (Wildman–Crippen LogP) is 2.08. The first-order valence-electron chi connectivity index (χ1n) is 11.2. The molecule has 0 atom stereocenters. The fourth-order valence-electron chi connectivity index (χ4n) is 4.30. The molecule has 0 N–H and O–H groups in total. The van der Waals surface area contributed by atoms with Crippen molar-refractivity contribution in [1.29, 1.82) is 0 Å². The monoisotopic (exact) mass is 441 g/mol. The lowest BCUT2D eigenvalue weighted by Crippen LogP contribution is -2.49. The molecular formula is C23H23N9O. The van der Waals surface area contributed by atoms with E-state index >= 15 is 0 Å². The number of carbonyl (C=O) groups excluding carboxylic acids is 1. The van der Waals surface area contributed by atoms with E-state index < -0.39 is 0 Å². The Labute approximate surface area is 190 Å². The van der Waals surface area contributed by atoms with E-state index in [1.807, 2.05) is 70.2 Å². The summed E-state index contributed by atoms with van der Waals surface area (Å²) in [5.41, 5.74) is 3.25. The number of anilines is 1. The molecule has 1 saturated carbocycles. The molecular weight excluding hydrogens is 418 g/mol. The lowest BCUT2D eigenvalue weighted by molar-refractivity contribution is 0.0739. The molecule has 1 saturated heterocycles. The minimum absolute atomic E-state index is 0.0543. The summed E-state index contributed by atoms with van der Waals surface area (Å²) in [6, 6.07) is 19.7. The van der Waals surface area contributed by atoms with Crippen molar-refractivity contribution in [2.45, 2.75) is 18.8 Å². The van der Waals surface area contributed by atoms with Gasteiger partial charge in [0.2, 0.25) is 5.95 Å². The first kappa shape index (κ1) is 19.6. The fraction of sp³-hybridized carbons (Fsp3) is 0.304. The van der Waals surface area contributed by atoms with Gasteiger partial charge < -0.3 is 9.80 Å². The molecule has 2 aromatic heterocycles. The van der Waals surface area contributed by atoms with E-state index in [0.717, 1.165) is 29.9 Å². The van der Waals surface area contributed by atoms with Crippen LogP contribution in [0.1, 0.15) is 34.9 Å². The maximum Gasteiger partial charge on any atom is 0.276 e. The Balaban J connectivity index is 1.20. The Hall–Kier alpha value is -4.08. The normalized spacial score (nSPS) is 16.2.